The SMILES string of the molecule is COc1cc(/C=C/c2ccc(OC)c([P+]([O-])([O-])[O-])c2[P+]([O-])([O-])[O-])cc(OC)c1[P+]([O-])([O-])[O-]. The van der Waals surface area contributed by atoms with Gasteiger partial charge in [-0.1, -0.05) is 12.2 Å². The van der Waals surface area contributed by atoms with Gasteiger partial charge in [0.2, 0.25) is 0 Å². The van der Waals surface area contributed by atoms with E-state index < -0.39 is 51.1 Å². The van der Waals surface area contributed by atoms with Crippen molar-refractivity contribution in [1.29, 1.82) is 0 Å². The fourth-order valence-electron chi connectivity index (χ4n) is 2.89. The van der Waals surface area contributed by atoms with Gasteiger partial charge in [-0.15, -0.1) is 23.8 Å². The van der Waals surface area contributed by atoms with Gasteiger partial charge in [-0.2, -0.15) is 0 Å². The van der Waals surface area contributed by atoms with E-state index in [1.165, 1.54) is 0 Å². The van der Waals surface area contributed by atoms with Crippen LogP contribution in [-0.2, 0) is 0 Å². The summed E-state index contributed by atoms with van der Waals surface area (Å²) in [6.45, 7) is 0. The Kier molecular flexibility index (Phi) is 8.18. The Labute approximate surface area is 184 Å². The van der Waals surface area contributed by atoms with E-state index in [1.807, 2.05) is 0 Å². The molecule has 12 nitrogen and oxygen atoms in total. The third kappa shape index (κ3) is 5.89. The molecule has 0 atom stereocenters. The minimum absolute atomic E-state index is 0.123. The second kappa shape index (κ2) is 9.79. The Balaban J connectivity index is 2.71. The number of methoxy groups -OCH3 is 3. The van der Waals surface area contributed by atoms with Crippen molar-refractivity contribution in [2.24, 2.45) is 0 Å². The molecule has 0 radical (unpaired) electrons. The van der Waals surface area contributed by atoms with Gasteiger partial charge < -0.3 is 58.3 Å². The molecule has 2 aromatic rings. The number of benzene rings is 2. The molecule has 2 rings (SSSR count). The Hall–Kier alpha value is -1.49. The van der Waals surface area contributed by atoms with Crippen LogP contribution in [0.1, 0.15) is 11.1 Å². The molecule has 0 amide bonds. The van der Waals surface area contributed by atoms with Gasteiger partial charge in [0.1, 0.15) is 5.30 Å². The van der Waals surface area contributed by atoms with Crippen LogP contribution in [0.25, 0.3) is 12.2 Å². The van der Waals surface area contributed by atoms with E-state index in [4.69, 9.17) is 14.2 Å². The standard InChI is InChI=1S/C17H21O12P3/c1-27-12-7-6-11(15(30(18,19)20)17(12)32(24,25)26)5-4-10-8-13(28-2)16(31(21,22)23)14(9-10)29-3/h4-9H,1-3H3,(H2,18,19,20)(H2,21,22,23)(H2,24,25,26)/p-6/b5-4+. The predicted octanol–water partition coefficient (Wildman–Crippen LogP) is -6.71. The lowest BCUT2D eigenvalue weighted by Gasteiger charge is -2.49. The average Bonchev–Trinajstić information content (AvgIpc) is 2.68. The van der Waals surface area contributed by atoms with Gasteiger partial charge in [-0.25, -0.2) is 0 Å². The largest absolute Gasteiger partial charge is 0.683 e. The number of hydrogen-bond acceptors (Lipinski definition) is 12. The van der Waals surface area contributed by atoms with Gasteiger partial charge in [0.05, 0.1) is 21.3 Å². The third-order valence-corrected chi connectivity index (χ3v) is 7.33. The lowest BCUT2D eigenvalue weighted by molar-refractivity contribution is -0.425. The summed E-state index contributed by atoms with van der Waals surface area (Å²) >= 11 is 0. The molecule has 0 aliphatic rings. The zero-order chi connectivity index (χ0) is 24.5. The van der Waals surface area contributed by atoms with Crippen molar-refractivity contribution in [2.75, 3.05) is 21.3 Å². The van der Waals surface area contributed by atoms with Crippen molar-refractivity contribution >= 4 is 51.9 Å². The van der Waals surface area contributed by atoms with Gasteiger partial charge >= 0.3 is 0 Å². The summed E-state index contributed by atoms with van der Waals surface area (Å²) in [5, 5.41) is -3.32. The highest BCUT2D eigenvalue weighted by Crippen LogP contribution is 2.40. The first-order valence-electron chi connectivity index (χ1n) is 8.38. The summed E-state index contributed by atoms with van der Waals surface area (Å²) in [6.07, 6.45) is 2.15. The van der Waals surface area contributed by atoms with Crippen LogP contribution in [0.15, 0.2) is 24.3 Å². The second-order valence-electron chi connectivity index (χ2n) is 6.15. The van der Waals surface area contributed by atoms with Crippen molar-refractivity contribution in [3.63, 3.8) is 0 Å². The molecule has 0 heterocycles. The van der Waals surface area contributed by atoms with E-state index in [0.29, 0.717) is 0 Å². The van der Waals surface area contributed by atoms with Crippen LogP contribution in [0, 0.1) is 0 Å². The monoisotopic (exact) mass is 504 g/mol. The minimum Gasteiger partial charge on any atom is -0.683 e. The summed E-state index contributed by atoms with van der Waals surface area (Å²) in [4.78, 5) is 105. The Bertz CT molecular complexity index is 981. The molecular formula is C17H15O12P3-6. The van der Waals surface area contributed by atoms with Crippen molar-refractivity contribution in [3.05, 3.63) is 35.4 Å². The third-order valence-electron chi connectivity index (χ3n) is 4.14. The van der Waals surface area contributed by atoms with E-state index in [0.717, 1.165) is 57.7 Å². The molecule has 0 N–H and O–H groups in total. The number of rotatable bonds is 8. The van der Waals surface area contributed by atoms with Crippen molar-refractivity contribution in [1.82, 2.24) is 0 Å². The summed E-state index contributed by atoms with van der Waals surface area (Å²) in [5.74, 6) is -1.35. The molecule has 15 heteroatoms. The molecule has 2 aromatic carbocycles. The molecule has 0 fully saturated rings. The highest BCUT2D eigenvalue weighted by molar-refractivity contribution is 7.69. The van der Waals surface area contributed by atoms with Crippen molar-refractivity contribution in [3.8, 4) is 17.2 Å². The molecule has 0 bridgehead atoms. The van der Waals surface area contributed by atoms with Crippen molar-refractivity contribution < 1.29 is 58.3 Å². The van der Waals surface area contributed by atoms with E-state index >= 15 is 0 Å². The maximum absolute atomic E-state index is 11.8. The molecule has 176 valence electrons. The first kappa shape index (κ1) is 26.8. The van der Waals surface area contributed by atoms with Gasteiger partial charge in [0, 0.05) is 5.56 Å². The van der Waals surface area contributed by atoms with Crippen LogP contribution in [-0.4, -0.2) is 21.3 Å². The summed E-state index contributed by atoms with van der Waals surface area (Å²) in [5.41, 5.74) is -0.320. The molecule has 32 heavy (non-hydrogen) atoms. The van der Waals surface area contributed by atoms with Crippen molar-refractivity contribution in [2.45, 2.75) is 0 Å². The lowest BCUT2D eigenvalue weighted by Crippen LogP contribution is -2.54. The maximum Gasteiger partial charge on any atom is 0.164 e. The Morgan fingerprint density at radius 2 is 1.00 bits per heavy atom. The van der Waals surface area contributed by atoms with E-state index in [9.17, 15) is 44.0 Å². The van der Waals surface area contributed by atoms with Gasteiger partial charge in [-0.05, 0) is 29.8 Å². The number of hydrogen-bond donors (Lipinski definition) is 0. The van der Waals surface area contributed by atoms with Gasteiger partial charge in [-0.3, -0.25) is 0 Å². The van der Waals surface area contributed by atoms with Crippen LogP contribution in [0.2, 0.25) is 0 Å². The molecule has 0 spiro atoms. The van der Waals surface area contributed by atoms with Crippen LogP contribution in [0.3, 0.4) is 0 Å². The molecule has 0 aliphatic heterocycles. The van der Waals surface area contributed by atoms with E-state index in [-0.39, 0.29) is 17.1 Å². The first-order chi connectivity index (χ1) is 14.6. The summed E-state index contributed by atoms with van der Waals surface area (Å²) in [6, 6.07) is 4.26. The van der Waals surface area contributed by atoms with Gasteiger partial charge in [0.25, 0.3) is 0 Å². The summed E-state index contributed by atoms with van der Waals surface area (Å²) in [7, 11) is -13.7. The lowest BCUT2D eigenvalue weighted by atomic mass is 10.1. The van der Waals surface area contributed by atoms with Crippen LogP contribution in [0.5, 0.6) is 17.2 Å². The molecule has 0 unspecified atom stereocenters. The quantitative estimate of drug-likeness (QED) is 0.241. The molecule has 0 aromatic heterocycles. The van der Waals surface area contributed by atoms with Crippen LogP contribution >= 0.6 is 23.8 Å². The van der Waals surface area contributed by atoms with Crippen LogP contribution < -0.4 is 74.2 Å². The fourth-order valence-corrected chi connectivity index (χ4v) is 6.14. The van der Waals surface area contributed by atoms with Gasteiger partial charge in [0.15, 0.2) is 27.9 Å². The highest BCUT2D eigenvalue weighted by Gasteiger charge is 2.26. The number of ether oxygens (including phenoxy) is 3. The topological polar surface area (TPSA) is 235 Å². The molecule has 0 aliphatic carbocycles. The first-order valence-corrected chi connectivity index (χ1v) is 13.0. The molecule has 0 saturated carbocycles. The highest BCUT2D eigenvalue weighted by atomic mass is 31.2. The molecule has 0 saturated heterocycles. The Morgan fingerprint density at radius 3 is 1.38 bits per heavy atom. The summed E-state index contributed by atoms with van der Waals surface area (Å²) < 4.78 is 14.5. The maximum atomic E-state index is 11.8. The smallest absolute Gasteiger partial charge is 0.164 e. The predicted molar refractivity (Wildman–Crippen MR) is 101 cm³/mol. The minimum atomic E-state index is -5.78. The second-order valence-corrected chi connectivity index (χ2v) is 10.5. The zero-order valence-corrected chi connectivity index (χ0v) is 19.4. The Morgan fingerprint density at radius 1 is 0.562 bits per heavy atom. The normalized spacial score (nSPS) is 12.9. The van der Waals surface area contributed by atoms with E-state index in [1.54, 1.807) is 0 Å². The zero-order valence-electron chi connectivity index (χ0n) is 16.7. The fraction of sp³-hybridized carbons (Fsp3) is 0.176. The molecular weight excluding hydrogens is 489 g/mol. The van der Waals surface area contributed by atoms with E-state index in [2.05, 4.69) is 0 Å². The average molecular weight is 504 g/mol. The van der Waals surface area contributed by atoms with Crippen LogP contribution in [0.4, 0.5) is 0 Å².